The van der Waals surface area contributed by atoms with Gasteiger partial charge in [-0.1, -0.05) is 13.8 Å². The van der Waals surface area contributed by atoms with E-state index >= 15 is 0 Å². The van der Waals surface area contributed by atoms with Crippen LogP contribution < -0.4 is 0 Å². The van der Waals surface area contributed by atoms with Gasteiger partial charge in [0, 0.05) is 17.6 Å². The van der Waals surface area contributed by atoms with Gasteiger partial charge in [-0.3, -0.25) is 4.57 Å². The number of rotatable bonds is 3. The number of aliphatic hydroxyl groups excluding tert-OH is 1. The van der Waals surface area contributed by atoms with Crippen LogP contribution in [0, 0.1) is 13.8 Å². The van der Waals surface area contributed by atoms with E-state index in [1.807, 2.05) is 13.8 Å². The predicted molar refractivity (Wildman–Crippen MR) is 68.6 cm³/mol. The van der Waals surface area contributed by atoms with Gasteiger partial charge in [-0.15, -0.1) is 0 Å². The summed E-state index contributed by atoms with van der Waals surface area (Å²) < 4.78 is 1.73. The minimum absolute atomic E-state index is 0.0744. The summed E-state index contributed by atoms with van der Waals surface area (Å²) in [5.41, 5.74) is 3.79. The number of imidazole rings is 1. The Morgan fingerprint density at radius 3 is 2.28 bits per heavy atom. The highest BCUT2D eigenvalue weighted by Gasteiger charge is 2.12. The maximum absolute atomic E-state index is 9.01. The molecular weight excluding hydrogens is 228 g/mol. The van der Waals surface area contributed by atoms with Crippen LogP contribution in [-0.2, 0) is 6.61 Å². The molecule has 18 heavy (non-hydrogen) atoms. The van der Waals surface area contributed by atoms with Crippen LogP contribution in [0.3, 0.4) is 0 Å². The fourth-order valence-electron chi connectivity index (χ4n) is 2.21. The topological polar surface area (TPSA) is 63.8 Å². The second-order valence-electron chi connectivity index (χ2n) is 4.69. The predicted octanol–water partition coefficient (Wildman–Crippen LogP) is 1.89. The Labute approximate surface area is 107 Å². The summed E-state index contributed by atoms with van der Waals surface area (Å²) in [5, 5.41) is 9.01. The zero-order valence-electron chi connectivity index (χ0n) is 11.2. The monoisotopic (exact) mass is 246 g/mol. The molecule has 5 nitrogen and oxygen atoms in total. The molecule has 1 N–H and O–H groups in total. The summed E-state index contributed by atoms with van der Waals surface area (Å²) in [7, 11) is 0. The number of aromatic nitrogens is 4. The molecule has 0 aliphatic carbocycles. The van der Waals surface area contributed by atoms with Crippen LogP contribution in [-0.4, -0.2) is 24.6 Å². The van der Waals surface area contributed by atoms with Gasteiger partial charge in [0.25, 0.3) is 0 Å². The summed E-state index contributed by atoms with van der Waals surface area (Å²) in [4.78, 5) is 13.1. The minimum atomic E-state index is -0.0744. The summed E-state index contributed by atoms with van der Waals surface area (Å²) in [5.74, 6) is 1.01. The molecule has 0 bridgehead atoms. The lowest BCUT2D eigenvalue weighted by Crippen LogP contribution is -2.07. The van der Waals surface area contributed by atoms with Crippen molar-refractivity contribution in [2.24, 2.45) is 0 Å². The first-order valence-electron chi connectivity index (χ1n) is 6.02. The molecule has 96 valence electrons. The Morgan fingerprint density at radius 2 is 1.83 bits per heavy atom. The van der Waals surface area contributed by atoms with Crippen LogP contribution in [0.25, 0.3) is 5.95 Å². The summed E-state index contributed by atoms with van der Waals surface area (Å²) in [6.45, 7) is 8.20. The van der Waals surface area contributed by atoms with Gasteiger partial charge in [0.2, 0.25) is 5.95 Å². The maximum atomic E-state index is 9.01. The van der Waals surface area contributed by atoms with Crippen molar-refractivity contribution in [2.45, 2.75) is 40.2 Å². The first-order chi connectivity index (χ1) is 8.52. The lowest BCUT2D eigenvalue weighted by atomic mass is 10.0. The van der Waals surface area contributed by atoms with E-state index in [0.29, 0.717) is 17.6 Å². The molecule has 0 saturated heterocycles. The standard InChI is InChI=1S/C13H18N4O/c1-8(2)12-9(3)15-13(16-10(12)4)17-5-11(6-18)14-7-17/h5,7-8,18H,6H2,1-4H3. The van der Waals surface area contributed by atoms with E-state index in [4.69, 9.17) is 5.11 Å². The molecule has 2 rings (SSSR count). The Bertz CT molecular complexity index is 537. The molecule has 0 aromatic carbocycles. The van der Waals surface area contributed by atoms with Crippen LogP contribution in [0.4, 0.5) is 0 Å². The van der Waals surface area contributed by atoms with Gasteiger partial charge >= 0.3 is 0 Å². The third-order valence-electron chi connectivity index (χ3n) is 2.92. The molecule has 2 heterocycles. The maximum Gasteiger partial charge on any atom is 0.235 e. The van der Waals surface area contributed by atoms with Crippen molar-refractivity contribution < 1.29 is 5.11 Å². The van der Waals surface area contributed by atoms with Crippen molar-refractivity contribution in [3.05, 3.63) is 35.2 Å². The molecule has 0 aliphatic heterocycles. The van der Waals surface area contributed by atoms with E-state index in [1.54, 1.807) is 17.1 Å². The summed E-state index contributed by atoms with van der Waals surface area (Å²) >= 11 is 0. The zero-order chi connectivity index (χ0) is 13.3. The molecule has 0 saturated carbocycles. The molecule has 5 heteroatoms. The van der Waals surface area contributed by atoms with E-state index in [9.17, 15) is 0 Å². The van der Waals surface area contributed by atoms with Crippen molar-refractivity contribution in [1.29, 1.82) is 0 Å². The summed E-state index contributed by atoms with van der Waals surface area (Å²) in [6, 6.07) is 0. The third-order valence-corrected chi connectivity index (χ3v) is 2.92. The van der Waals surface area contributed by atoms with Crippen LogP contribution in [0.15, 0.2) is 12.5 Å². The average molecular weight is 246 g/mol. The Kier molecular flexibility index (Phi) is 3.43. The van der Waals surface area contributed by atoms with Crippen LogP contribution in [0.1, 0.15) is 42.4 Å². The van der Waals surface area contributed by atoms with Gasteiger partial charge in [-0.25, -0.2) is 15.0 Å². The Morgan fingerprint density at radius 1 is 1.22 bits per heavy atom. The number of hydrogen-bond donors (Lipinski definition) is 1. The van der Waals surface area contributed by atoms with E-state index in [2.05, 4.69) is 28.8 Å². The normalized spacial score (nSPS) is 11.2. The van der Waals surface area contributed by atoms with Crippen molar-refractivity contribution >= 4 is 0 Å². The van der Waals surface area contributed by atoms with Gasteiger partial charge < -0.3 is 5.11 Å². The van der Waals surface area contributed by atoms with E-state index in [0.717, 1.165) is 11.4 Å². The van der Waals surface area contributed by atoms with Gasteiger partial charge in [0.05, 0.1) is 12.3 Å². The molecule has 0 atom stereocenters. The number of aliphatic hydroxyl groups is 1. The lowest BCUT2D eigenvalue weighted by Gasteiger charge is -2.13. The van der Waals surface area contributed by atoms with Crippen LogP contribution >= 0.6 is 0 Å². The second kappa shape index (κ2) is 4.86. The molecule has 0 unspecified atom stereocenters. The van der Waals surface area contributed by atoms with Gasteiger partial charge in [-0.2, -0.15) is 0 Å². The zero-order valence-corrected chi connectivity index (χ0v) is 11.2. The first kappa shape index (κ1) is 12.7. The van der Waals surface area contributed by atoms with E-state index < -0.39 is 0 Å². The minimum Gasteiger partial charge on any atom is -0.390 e. The highest BCUT2D eigenvalue weighted by molar-refractivity contribution is 5.31. The van der Waals surface area contributed by atoms with Gasteiger partial charge in [0.1, 0.15) is 6.33 Å². The number of hydrogen-bond acceptors (Lipinski definition) is 4. The number of nitrogens with zero attached hydrogens (tertiary/aromatic N) is 4. The molecule has 0 radical (unpaired) electrons. The van der Waals surface area contributed by atoms with Crippen LogP contribution in [0.2, 0.25) is 0 Å². The molecular formula is C13H18N4O. The van der Waals surface area contributed by atoms with E-state index in [1.165, 1.54) is 5.56 Å². The highest BCUT2D eigenvalue weighted by Crippen LogP contribution is 2.21. The smallest absolute Gasteiger partial charge is 0.235 e. The quantitative estimate of drug-likeness (QED) is 0.898. The van der Waals surface area contributed by atoms with Crippen molar-refractivity contribution in [1.82, 2.24) is 19.5 Å². The van der Waals surface area contributed by atoms with Crippen LogP contribution in [0.5, 0.6) is 0 Å². The van der Waals surface area contributed by atoms with Crippen molar-refractivity contribution in [3.8, 4) is 5.95 Å². The lowest BCUT2D eigenvalue weighted by molar-refractivity contribution is 0.277. The van der Waals surface area contributed by atoms with Crippen molar-refractivity contribution in [2.75, 3.05) is 0 Å². The average Bonchev–Trinajstić information content (AvgIpc) is 2.75. The molecule has 0 spiro atoms. The SMILES string of the molecule is Cc1nc(-n2cnc(CO)c2)nc(C)c1C(C)C. The Hall–Kier alpha value is -1.75. The van der Waals surface area contributed by atoms with Gasteiger partial charge in [-0.05, 0) is 25.3 Å². The highest BCUT2D eigenvalue weighted by atomic mass is 16.3. The number of aryl methyl sites for hydroxylation is 2. The van der Waals surface area contributed by atoms with Crippen molar-refractivity contribution in [3.63, 3.8) is 0 Å². The third kappa shape index (κ3) is 2.26. The fourth-order valence-corrected chi connectivity index (χ4v) is 2.21. The Balaban J connectivity index is 2.47. The molecule has 2 aromatic heterocycles. The molecule has 0 amide bonds. The fraction of sp³-hybridized carbons (Fsp3) is 0.462. The second-order valence-corrected chi connectivity index (χ2v) is 4.69. The largest absolute Gasteiger partial charge is 0.390 e. The molecule has 0 aliphatic rings. The molecule has 0 fully saturated rings. The first-order valence-corrected chi connectivity index (χ1v) is 6.02. The van der Waals surface area contributed by atoms with E-state index in [-0.39, 0.29) is 6.61 Å². The summed E-state index contributed by atoms with van der Waals surface area (Å²) in [6.07, 6.45) is 3.36. The van der Waals surface area contributed by atoms with Gasteiger partial charge in [0.15, 0.2) is 0 Å². The molecule has 2 aromatic rings.